The number of carbonyl (C=O) groups excluding carboxylic acids is 1. The summed E-state index contributed by atoms with van der Waals surface area (Å²) in [5.74, 6) is 0.105. The van der Waals surface area contributed by atoms with Crippen LogP contribution in [0.5, 0.6) is 0 Å². The lowest BCUT2D eigenvalue weighted by Crippen LogP contribution is -2.18. The molecule has 0 aliphatic rings. The minimum Gasteiger partial charge on any atom is -0.325 e. The van der Waals surface area contributed by atoms with Crippen LogP contribution in [0.2, 0.25) is 15.1 Å². The van der Waals surface area contributed by atoms with Crippen molar-refractivity contribution in [2.45, 2.75) is 13.5 Å². The van der Waals surface area contributed by atoms with Crippen molar-refractivity contribution in [2.75, 3.05) is 0 Å². The van der Waals surface area contributed by atoms with Gasteiger partial charge in [-0.3, -0.25) is 9.59 Å². The van der Waals surface area contributed by atoms with Crippen molar-refractivity contribution in [3.05, 3.63) is 104 Å². The molecule has 1 N–H and O–H groups in total. The summed E-state index contributed by atoms with van der Waals surface area (Å²) in [6.45, 7) is 2.57. The lowest BCUT2D eigenvalue weighted by Gasteiger charge is -2.11. The summed E-state index contributed by atoms with van der Waals surface area (Å²) in [6, 6.07) is 17.9. The van der Waals surface area contributed by atoms with E-state index >= 15 is 0 Å². The predicted molar refractivity (Wildman–Crippen MR) is 144 cm³/mol. The Labute approximate surface area is 215 Å². The summed E-state index contributed by atoms with van der Waals surface area (Å²) in [5.41, 5.74) is 2.90. The van der Waals surface area contributed by atoms with E-state index in [0.717, 1.165) is 11.1 Å². The van der Waals surface area contributed by atoms with Crippen molar-refractivity contribution < 1.29 is 4.79 Å². The molecule has 2 aromatic heterocycles. The average molecular weight is 523 g/mol. The molecule has 35 heavy (non-hydrogen) atoms. The van der Waals surface area contributed by atoms with Crippen molar-refractivity contribution in [3.63, 3.8) is 0 Å². The van der Waals surface area contributed by atoms with Crippen molar-refractivity contribution in [2.24, 2.45) is 0 Å². The molecule has 5 aromatic rings. The zero-order valence-electron chi connectivity index (χ0n) is 18.5. The van der Waals surface area contributed by atoms with Crippen LogP contribution in [-0.2, 0) is 6.54 Å². The fourth-order valence-electron chi connectivity index (χ4n) is 4.24. The van der Waals surface area contributed by atoms with E-state index in [-0.39, 0.29) is 5.56 Å². The number of fused-ring (bicyclic) bond motifs is 2. The number of nitrogens with zero attached hydrogens (tertiary/aromatic N) is 2. The summed E-state index contributed by atoms with van der Waals surface area (Å²) in [6.07, 6.45) is 2.97. The molecule has 5 rings (SSSR count). The molecule has 0 aliphatic carbocycles. The first-order chi connectivity index (χ1) is 16.9. The lowest BCUT2D eigenvalue weighted by atomic mass is 9.94. The van der Waals surface area contributed by atoms with Crippen LogP contribution in [0.15, 0.2) is 71.5 Å². The smallest absolute Gasteiger partial charge is 0.260 e. The van der Waals surface area contributed by atoms with Crippen LogP contribution in [0.3, 0.4) is 0 Å². The number of aryl methyl sites for hydroxylation is 1. The number of aromatic nitrogens is 3. The molecule has 2 heterocycles. The summed E-state index contributed by atoms with van der Waals surface area (Å²) in [4.78, 5) is 34.0. The predicted octanol–water partition coefficient (Wildman–Crippen LogP) is 7.42. The van der Waals surface area contributed by atoms with Crippen LogP contribution < -0.4 is 5.56 Å². The van der Waals surface area contributed by atoms with Crippen molar-refractivity contribution in [1.82, 2.24) is 14.5 Å². The number of ketones is 1. The third-order valence-electron chi connectivity index (χ3n) is 5.80. The molecule has 0 saturated heterocycles. The first-order valence-electron chi connectivity index (χ1n) is 10.9. The number of imidazole rings is 1. The van der Waals surface area contributed by atoms with Crippen LogP contribution >= 0.6 is 34.8 Å². The number of rotatable bonds is 5. The number of hydrogen-bond acceptors (Lipinski definition) is 3. The summed E-state index contributed by atoms with van der Waals surface area (Å²) in [7, 11) is 0. The summed E-state index contributed by atoms with van der Waals surface area (Å²) in [5, 5.41) is 2.02. The van der Waals surface area contributed by atoms with Gasteiger partial charge in [-0.05, 0) is 55.0 Å². The normalized spacial score (nSPS) is 11.7. The quantitative estimate of drug-likeness (QED) is 0.193. The first-order valence-corrected chi connectivity index (χ1v) is 12.0. The van der Waals surface area contributed by atoms with Gasteiger partial charge in [-0.15, -0.1) is 0 Å². The van der Waals surface area contributed by atoms with Gasteiger partial charge in [0.2, 0.25) is 0 Å². The second kappa shape index (κ2) is 9.34. The molecule has 0 unspecified atom stereocenters. The van der Waals surface area contributed by atoms with Gasteiger partial charge in [0.05, 0.1) is 26.6 Å². The number of allylic oxidation sites excluding steroid dienone is 1. The van der Waals surface area contributed by atoms with Gasteiger partial charge >= 0.3 is 0 Å². The number of hydrogen-bond donors (Lipinski definition) is 1. The van der Waals surface area contributed by atoms with E-state index in [1.807, 2.05) is 41.8 Å². The number of halogens is 3. The van der Waals surface area contributed by atoms with E-state index in [9.17, 15) is 9.59 Å². The molecular weight excluding hydrogens is 505 g/mol. The van der Waals surface area contributed by atoms with Gasteiger partial charge in [-0.25, -0.2) is 4.98 Å². The van der Waals surface area contributed by atoms with E-state index in [1.165, 1.54) is 6.08 Å². The van der Waals surface area contributed by atoms with Gasteiger partial charge in [0, 0.05) is 28.0 Å². The van der Waals surface area contributed by atoms with Gasteiger partial charge in [0.25, 0.3) is 5.56 Å². The Balaban J connectivity index is 1.67. The van der Waals surface area contributed by atoms with Crippen LogP contribution in [0.4, 0.5) is 0 Å². The SMILES string of the molecule is CCn1c(C=CC(=O)c2c(-c3ccccc3)c3cc(Cl)ccc3[nH]c2=O)nc2cc(Cl)c(Cl)cc21. The van der Waals surface area contributed by atoms with Crippen LogP contribution in [-0.4, -0.2) is 20.3 Å². The van der Waals surface area contributed by atoms with E-state index in [4.69, 9.17) is 34.8 Å². The highest BCUT2D eigenvalue weighted by molar-refractivity contribution is 6.42. The van der Waals surface area contributed by atoms with Crippen molar-refractivity contribution in [1.29, 1.82) is 0 Å². The number of pyridine rings is 1. The molecule has 0 bridgehead atoms. The van der Waals surface area contributed by atoms with E-state index in [0.29, 0.717) is 49.4 Å². The highest BCUT2D eigenvalue weighted by atomic mass is 35.5. The Bertz CT molecular complexity index is 1700. The third kappa shape index (κ3) is 4.27. The Kier molecular flexibility index (Phi) is 6.24. The Morgan fingerprint density at radius 1 is 1.03 bits per heavy atom. The van der Waals surface area contributed by atoms with Gasteiger partial charge in [-0.2, -0.15) is 0 Å². The number of H-pyrrole nitrogens is 1. The molecule has 0 spiro atoms. The van der Waals surface area contributed by atoms with Gasteiger partial charge in [0.15, 0.2) is 5.78 Å². The topological polar surface area (TPSA) is 67.8 Å². The molecule has 0 fully saturated rings. The third-order valence-corrected chi connectivity index (χ3v) is 6.76. The maximum atomic E-state index is 13.5. The molecular formula is C27H18Cl3N3O2. The Morgan fingerprint density at radius 2 is 1.77 bits per heavy atom. The maximum Gasteiger partial charge on any atom is 0.260 e. The molecule has 5 nitrogen and oxygen atoms in total. The molecule has 0 atom stereocenters. The van der Waals surface area contributed by atoms with Crippen molar-refractivity contribution >= 4 is 68.6 Å². The molecule has 0 amide bonds. The van der Waals surface area contributed by atoms with Crippen LogP contribution in [0.1, 0.15) is 23.1 Å². The minimum absolute atomic E-state index is 0.0347. The molecule has 0 radical (unpaired) electrons. The van der Waals surface area contributed by atoms with Crippen LogP contribution in [0.25, 0.3) is 39.1 Å². The highest BCUT2D eigenvalue weighted by Crippen LogP contribution is 2.32. The minimum atomic E-state index is -0.476. The monoisotopic (exact) mass is 521 g/mol. The van der Waals surface area contributed by atoms with E-state index in [1.54, 1.807) is 36.4 Å². The number of aromatic amines is 1. The summed E-state index contributed by atoms with van der Waals surface area (Å²) >= 11 is 18.6. The second-order valence-electron chi connectivity index (χ2n) is 7.93. The van der Waals surface area contributed by atoms with Gasteiger partial charge in [-0.1, -0.05) is 65.1 Å². The molecule has 174 valence electrons. The van der Waals surface area contributed by atoms with Crippen LogP contribution in [0, 0.1) is 0 Å². The zero-order chi connectivity index (χ0) is 24.7. The number of benzene rings is 3. The van der Waals surface area contributed by atoms with E-state index in [2.05, 4.69) is 9.97 Å². The number of carbonyl (C=O) groups is 1. The second-order valence-corrected chi connectivity index (χ2v) is 9.18. The lowest BCUT2D eigenvalue weighted by molar-refractivity contribution is 0.104. The largest absolute Gasteiger partial charge is 0.325 e. The average Bonchev–Trinajstić information content (AvgIpc) is 3.18. The Morgan fingerprint density at radius 3 is 2.51 bits per heavy atom. The highest BCUT2D eigenvalue weighted by Gasteiger charge is 2.20. The molecule has 8 heteroatoms. The summed E-state index contributed by atoms with van der Waals surface area (Å²) < 4.78 is 1.92. The number of nitrogens with one attached hydrogen (secondary N) is 1. The van der Waals surface area contributed by atoms with E-state index < -0.39 is 11.3 Å². The van der Waals surface area contributed by atoms with Crippen molar-refractivity contribution in [3.8, 4) is 11.1 Å². The van der Waals surface area contributed by atoms with Gasteiger partial charge < -0.3 is 9.55 Å². The molecule has 0 saturated carbocycles. The maximum absolute atomic E-state index is 13.5. The first kappa shape index (κ1) is 23.4. The fourth-order valence-corrected chi connectivity index (χ4v) is 4.72. The molecule has 0 aliphatic heterocycles. The fraction of sp³-hybridized carbons (Fsp3) is 0.0741. The molecule has 3 aromatic carbocycles. The van der Waals surface area contributed by atoms with Gasteiger partial charge in [0.1, 0.15) is 5.82 Å². The Hall–Kier alpha value is -3.38. The standard InChI is InChI=1S/C27H18Cl3N3O2/c1-2-33-22-14-19(30)18(29)13-21(22)31-24(33)11-10-23(34)26-25(15-6-4-3-5-7-15)17-12-16(28)8-9-20(17)32-27(26)35/h3-14H,2H2,1H3,(H,32,35). The zero-order valence-corrected chi connectivity index (χ0v) is 20.7.